The summed E-state index contributed by atoms with van der Waals surface area (Å²) in [6.07, 6.45) is 2.16. The maximum absolute atomic E-state index is 9.40. The summed E-state index contributed by atoms with van der Waals surface area (Å²) < 4.78 is 0. The number of benzene rings is 1. The van der Waals surface area contributed by atoms with E-state index in [0.717, 1.165) is 36.6 Å². The average Bonchev–Trinajstić information content (AvgIpc) is 3.33. The molecule has 5 heteroatoms. The number of hydrogen-bond donors (Lipinski definition) is 2. The van der Waals surface area contributed by atoms with Crippen molar-refractivity contribution in [2.45, 2.75) is 19.8 Å². The van der Waals surface area contributed by atoms with Crippen molar-refractivity contribution in [3.63, 3.8) is 0 Å². The van der Waals surface area contributed by atoms with Crippen molar-refractivity contribution >= 4 is 17.5 Å². The van der Waals surface area contributed by atoms with Crippen molar-refractivity contribution in [3.8, 4) is 0 Å². The lowest BCUT2D eigenvalue weighted by Gasteiger charge is -2.19. The summed E-state index contributed by atoms with van der Waals surface area (Å²) in [5.74, 6) is 1.48. The molecule has 0 spiro atoms. The van der Waals surface area contributed by atoms with E-state index in [1.165, 1.54) is 0 Å². The largest absolute Gasteiger partial charge is 0.396 e. The van der Waals surface area contributed by atoms with Crippen LogP contribution in [0.4, 0.5) is 17.5 Å². The maximum Gasteiger partial charge on any atom is 0.231 e. The summed E-state index contributed by atoms with van der Waals surface area (Å²) in [5.41, 5.74) is 2.03. The number of aliphatic hydroxyl groups is 1. The zero-order valence-corrected chi connectivity index (χ0v) is 13.1. The van der Waals surface area contributed by atoms with Crippen molar-refractivity contribution in [1.29, 1.82) is 0 Å². The topological polar surface area (TPSA) is 61.3 Å². The molecule has 116 valence electrons. The van der Waals surface area contributed by atoms with Crippen LogP contribution >= 0.6 is 0 Å². The van der Waals surface area contributed by atoms with E-state index in [1.54, 1.807) is 0 Å². The van der Waals surface area contributed by atoms with Crippen LogP contribution in [-0.2, 0) is 0 Å². The normalized spacial score (nSPS) is 15.4. The number of aliphatic hydroxyl groups excluding tert-OH is 1. The fourth-order valence-corrected chi connectivity index (χ4v) is 2.41. The van der Waals surface area contributed by atoms with Gasteiger partial charge in [0.05, 0.1) is 6.61 Å². The van der Waals surface area contributed by atoms with Gasteiger partial charge >= 0.3 is 0 Å². The lowest BCUT2D eigenvalue weighted by atomic mass is 10.1. The summed E-state index contributed by atoms with van der Waals surface area (Å²) in [5, 5.41) is 12.7. The van der Waals surface area contributed by atoms with Crippen molar-refractivity contribution in [1.82, 2.24) is 9.97 Å². The molecule has 5 nitrogen and oxygen atoms in total. The molecule has 0 saturated heterocycles. The van der Waals surface area contributed by atoms with Gasteiger partial charge in [0.1, 0.15) is 5.82 Å². The fourth-order valence-electron chi connectivity index (χ4n) is 2.41. The second-order valence-corrected chi connectivity index (χ2v) is 6.10. The highest BCUT2D eigenvalue weighted by atomic mass is 16.3. The summed E-state index contributed by atoms with van der Waals surface area (Å²) in [7, 11) is 1.96. The standard InChI is InChI=1S/C17H22N4O/c1-13-10-15(18-11-17(12-22)8-9-17)20-16(19-13)21(2)14-6-4-3-5-7-14/h3-7,10,22H,8-9,11-12H2,1-2H3,(H,18,19,20). The minimum atomic E-state index is 0.0599. The minimum absolute atomic E-state index is 0.0599. The molecule has 1 aliphatic carbocycles. The number of aryl methyl sites for hydroxylation is 1. The molecule has 1 aliphatic rings. The van der Waals surface area contributed by atoms with Crippen molar-refractivity contribution in [2.75, 3.05) is 30.4 Å². The second-order valence-electron chi connectivity index (χ2n) is 6.10. The van der Waals surface area contributed by atoms with E-state index in [4.69, 9.17) is 0 Å². The van der Waals surface area contributed by atoms with Gasteiger partial charge in [-0.1, -0.05) is 18.2 Å². The van der Waals surface area contributed by atoms with E-state index in [9.17, 15) is 5.11 Å². The number of nitrogens with one attached hydrogen (secondary N) is 1. The van der Waals surface area contributed by atoms with E-state index < -0.39 is 0 Å². The lowest BCUT2D eigenvalue weighted by Crippen LogP contribution is -2.21. The monoisotopic (exact) mass is 298 g/mol. The molecule has 0 amide bonds. The predicted octanol–water partition coefficient (Wildman–Crippen LogP) is 2.74. The Morgan fingerprint density at radius 1 is 1.23 bits per heavy atom. The van der Waals surface area contributed by atoms with Crippen molar-refractivity contribution in [2.24, 2.45) is 5.41 Å². The summed E-state index contributed by atoms with van der Waals surface area (Å²) >= 11 is 0. The fraction of sp³-hybridized carbons (Fsp3) is 0.412. The third-order valence-corrected chi connectivity index (χ3v) is 4.22. The molecule has 3 rings (SSSR count). The highest BCUT2D eigenvalue weighted by Gasteiger charge is 2.41. The van der Waals surface area contributed by atoms with Crippen LogP contribution in [0.1, 0.15) is 18.5 Å². The van der Waals surface area contributed by atoms with Crippen LogP contribution in [0.5, 0.6) is 0 Å². The van der Waals surface area contributed by atoms with Gasteiger partial charge in [-0.3, -0.25) is 0 Å². The molecular weight excluding hydrogens is 276 g/mol. The Kier molecular flexibility index (Phi) is 3.98. The number of nitrogens with zero attached hydrogens (tertiary/aromatic N) is 3. The van der Waals surface area contributed by atoms with E-state index >= 15 is 0 Å². The maximum atomic E-state index is 9.40. The Morgan fingerprint density at radius 2 is 1.95 bits per heavy atom. The molecule has 0 radical (unpaired) electrons. The van der Waals surface area contributed by atoms with E-state index in [1.807, 2.05) is 55.3 Å². The quantitative estimate of drug-likeness (QED) is 0.858. The first-order chi connectivity index (χ1) is 10.6. The van der Waals surface area contributed by atoms with Gasteiger partial charge in [0.2, 0.25) is 5.95 Å². The van der Waals surface area contributed by atoms with Crippen LogP contribution < -0.4 is 10.2 Å². The molecule has 1 saturated carbocycles. The molecule has 2 aromatic rings. The zero-order valence-electron chi connectivity index (χ0n) is 13.1. The van der Waals surface area contributed by atoms with Crippen LogP contribution in [0.25, 0.3) is 0 Å². The van der Waals surface area contributed by atoms with Crippen LogP contribution in [0, 0.1) is 12.3 Å². The van der Waals surface area contributed by atoms with Crippen LogP contribution in [0.15, 0.2) is 36.4 Å². The van der Waals surface area contributed by atoms with Gasteiger partial charge in [-0.2, -0.15) is 4.98 Å². The number of para-hydroxylation sites is 1. The Bertz CT molecular complexity index is 640. The van der Waals surface area contributed by atoms with Gasteiger partial charge in [0, 0.05) is 36.5 Å². The molecule has 1 heterocycles. The van der Waals surface area contributed by atoms with Gasteiger partial charge in [0.25, 0.3) is 0 Å². The Balaban J connectivity index is 1.77. The SMILES string of the molecule is Cc1cc(NCC2(CO)CC2)nc(N(C)c2ccccc2)n1. The van der Waals surface area contributed by atoms with Gasteiger partial charge < -0.3 is 15.3 Å². The van der Waals surface area contributed by atoms with E-state index in [0.29, 0.717) is 5.95 Å². The Hall–Kier alpha value is -2.14. The first-order valence-electron chi connectivity index (χ1n) is 7.61. The molecule has 1 aromatic heterocycles. The summed E-state index contributed by atoms with van der Waals surface area (Å²) in [6.45, 7) is 2.96. The van der Waals surface area contributed by atoms with Crippen LogP contribution in [0.3, 0.4) is 0 Å². The molecule has 2 N–H and O–H groups in total. The van der Waals surface area contributed by atoms with Gasteiger partial charge in [0.15, 0.2) is 0 Å². The third-order valence-electron chi connectivity index (χ3n) is 4.22. The van der Waals surface area contributed by atoms with Gasteiger partial charge in [-0.05, 0) is 31.9 Å². The van der Waals surface area contributed by atoms with Gasteiger partial charge in [-0.15, -0.1) is 0 Å². The third kappa shape index (κ3) is 3.20. The smallest absolute Gasteiger partial charge is 0.231 e. The molecular formula is C17H22N4O. The molecule has 0 bridgehead atoms. The number of hydrogen-bond acceptors (Lipinski definition) is 5. The van der Waals surface area contributed by atoms with Crippen molar-refractivity contribution in [3.05, 3.63) is 42.1 Å². The molecule has 0 unspecified atom stereocenters. The predicted molar refractivity (Wildman–Crippen MR) is 88.5 cm³/mol. The Morgan fingerprint density at radius 3 is 2.59 bits per heavy atom. The molecule has 0 aliphatic heterocycles. The highest BCUT2D eigenvalue weighted by Crippen LogP contribution is 2.44. The van der Waals surface area contributed by atoms with Crippen molar-refractivity contribution < 1.29 is 5.11 Å². The molecule has 1 fully saturated rings. The molecule has 1 aromatic carbocycles. The zero-order chi connectivity index (χ0) is 15.6. The summed E-state index contributed by atoms with van der Waals surface area (Å²) in [6, 6.07) is 12.0. The molecule has 0 atom stereocenters. The summed E-state index contributed by atoms with van der Waals surface area (Å²) in [4.78, 5) is 11.1. The first kappa shape index (κ1) is 14.8. The second kappa shape index (κ2) is 5.93. The van der Waals surface area contributed by atoms with Crippen LogP contribution in [0.2, 0.25) is 0 Å². The Labute approximate surface area is 131 Å². The molecule has 22 heavy (non-hydrogen) atoms. The van der Waals surface area contributed by atoms with E-state index in [-0.39, 0.29) is 12.0 Å². The van der Waals surface area contributed by atoms with E-state index in [2.05, 4.69) is 15.3 Å². The number of rotatable bonds is 6. The number of aromatic nitrogens is 2. The minimum Gasteiger partial charge on any atom is -0.396 e. The number of anilines is 3. The first-order valence-corrected chi connectivity index (χ1v) is 7.61. The average molecular weight is 298 g/mol. The lowest BCUT2D eigenvalue weighted by molar-refractivity contribution is 0.219. The highest BCUT2D eigenvalue weighted by molar-refractivity contribution is 5.57. The van der Waals surface area contributed by atoms with Crippen LogP contribution in [-0.4, -0.2) is 35.3 Å². The van der Waals surface area contributed by atoms with Gasteiger partial charge in [-0.25, -0.2) is 4.98 Å².